The average Bonchev–Trinajstić information content (AvgIpc) is 3.10. The summed E-state index contributed by atoms with van der Waals surface area (Å²) in [5.74, 6) is -1.78. The second-order valence-corrected chi connectivity index (χ2v) is 8.77. The summed E-state index contributed by atoms with van der Waals surface area (Å²) >= 11 is 7.24. The van der Waals surface area contributed by atoms with E-state index in [9.17, 15) is 14.7 Å². The van der Waals surface area contributed by atoms with Crippen LogP contribution in [0.15, 0.2) is 35.6 Å². The van der Waals surface area contributed by atoms with Crippen LogP contribution in [-0.2, 0) is 4.79 Å². The lowest BCUT2D eigenvalue weighted by Gasteiger charge is -2.28. The molecule has 1 aromatic heterocycles. The summed E-state index contributed by atoms with van der Waals surface area (Å²) in [7, 11) is 3.94. The van der Waals surface area contributed by atoms with Gasteiger partial charge in [0.2, 0.25) is 11.7 Å². The van der Waals surface area contributed by atoms with E-state index in [4.69, 9.17) is 11.6 Å². The second kappa shape index (κ2) is 8.03. The highest BCUT2D eigenvalue weighted by Crippen LogP contribution is 2.39. The molecule has 0 bridgehead atoms. The molecule has 1 aromatic carbocycles. The number of aromatic nitrogens is 1. The van der Waals surface area contributed by atoms with Crippen LogP contribution in [0.3, 0.4) is 0 Å². The molecule has 0 spiro atoms. The summed E-state index contributed by atoms with van der Waals surface area (Å²) in [5.41, 5.74) is 1.26. The second-order valence-electron chi connectivity index (χ2n) is 7.13. The fourth-order valence-corrected chi connectivity index (χ4v) is 4.30. The molecule has 2 aromatic rings. The predicted molar refractivity (Wildman–Crippen MR) is 107 cm³/mol. The molecular weight excluding hydrogens is 398 g/mol. The standard InChI is InChI=1S/C20H22ClN3O3S/c1-11-19(28-12(2)22-11)17(25)15-16(13-5-7-14(21)8-6-13)24(10-9-23(3)4)20(27)18(15)26/h5-8,16,26H,9-10H2,1-4H3. The largest absolute Gasteiger partial charge is 0.868 e. The number of benzene rings is 1. The van der Waals surface area contributed by atoms with Gasteiger partial charge in [0.1, 0.15) is 0 Å². The summed E-state index contributed by atoms with van der Waals surface area (Å²) < 4.78 is 0. The number of amides is 1. The van der Waals surface area contributed by atoms with E-state index in [2.05, 4.69) is 4.98 Å². The van der Waals surface area contributed by atoms with Crippen LogP contribution in [0, 0.1) is 13.8 Å². The zero-order valence-corrected chi connectivity index (χ0v) is 17.8. The van der Waals surface area contributed by atoms with Crippen molar-refractivity contribution in [1.29, 1.82) is 0 Å². The van der Waals surface area contributed by atoms with Gasteiger partial charge < -0.3 is 14.9 Å². The summed E-state index contributed by atoms with van der Waals surface area (Å²) in [6, 6.07) is 6.19. The lowest BCUT2D eigenvalue weighted by Crippen LogP contribution is -3.06. The number of hydrogen-bond acceptors (Lipinski definition) is 5. The van der Waals surface area contributed by atoms with Crippen molar-refractivity contribution in [3.05, 3.63) is 61.8 Å². The van der Waals surface area contributed by atoms with Crippen LogP contribution >= 0.6 is 22.9 Å². The number of hydrogen-bond donors (Lipinski definition) is 1. The molecule has 1 aliphatic rings. The quantitative estimate of drug-likeness (QED) is 0.707. The van der Waals surface area contributed by atoms with Crippen molar-refractivity contribution >= 4 is 34.6 Å². The van der Waals surface area contributed by atoms with Gasteiger partial charge in [0.25, 0.3) is 0 Å². The third kappa shape index (κ3) is 3.83. The van der Waals surface area contributed by atoms with E-state index in [0.29, 0.717) is 34.2 Å². The smallest absolute Gasteiger partial charge is 0.240 e. The van der Waals surface area contributed by atoms with Crippen LogP contribution in [0.1, 0.15) is 32.0 Å². The monoisotopic (exact) mass is 419 g/mol. The van der Waals surface area contributed by atoms with Gasteiger partial charge in [-0.05, 0) is 37.3 Å². The van der Waals surface area contributed by atoms with Crippen molar-refractivity contribution in [3.8, 4) is 0 Å². The number of rotatable bonds is 6. The van der Waals surface area contributed by atoms with E-state index in [-0.39, 0.29) is 5.57 Å². The number of nitrogens with one attached hydrogen (secondary N) is 1. The van der Waals surface area contributed by atoms with Crippen molar-refractivity contribution in [3.63, 3.8) is 0 Å². The van der Waals surface area contributed by atoms with Gasteiger partial charge in [-0.25, -0.2) is 4.98 Å². The minimum absolute atomic E-state index is 0.00664. The number of nitrogens with zero attached hydrogens (tertiary/aromatic N) is 2. The Morgan fingerprint density at radius 3 is 2.46 bits per heavy atom. The summed E-state index contributed by atoms with van der Waals surface area (Å²) in [6.45, 7) is 4.58. The molecule has 148 valence electrons. The third-order valence-electron chi connectivity index (χ3n) is 4.68. The normalized spacial score (nSPS) is 17.1. The van der Waals surface area contributed by atoms with Gasteiger partial charge >= 0.3 is 0 Å². The van der Waals surface area contributed by atoms with E-state index in [0.717, 1.165) is 9.91 Å². The third-order valence-corrected chi connectivity index (χ3v) is 6.00. The van der Waals surface area contributed by atoms with Crippen molar-refractivity contribution < 1.29 is 19.6 Å². The Morgan fingerprint density at radius 1 is 1.29 bits per heavy atom. The van der Waals surface area contributed by atoms with Crippen LogP contribution < -0.4 is 10.0 Å². The first kappa shape index (κ1) is 20.5. The highest BCUT2D eigenvalue weighted by Gasteiger charge is 2.40. The molecule has 0 fully saturated rings. The number of carbonyl (C=O) groups is 2. The molecule has 28 heavy (non-hydrogen) atoms. The Balaban J connectivity index is 2.08. The molecule has 3 rings (SSSR count). The van der Waals surface area contributed by atoms with Crippen LogP contribution in [0.4, 0.5) is 0 Å². The number of quaternary nitrogens is 1. The first-order chi connectivity index (χ1) is 13.2. The molecule has 1 atom stereocenters. The molecule has 1 amide bonds. The number of aryl methyl sites for hydroxylation is 2. The lowest BCUT2D eigenvalue weighted by atomic mass is 9.95. The van der Waals surface area contributed by atoms with Crippen LogP contribution in [0.25, 0.3) is 0 Å². The minimum Gasteiger partial charge on any atom is -0.868 e. The van der Waals surface area contributed by atoms with Crippen LogP contribution in [-0.4, -0.2) is 48.8 Å². The van der Waals surface area contributed by atoms with Gasteiger partial charge in [-0.2, -0.15) is 0 Å². The fourth-order valence-electron chi connectivity index (χ4n) is 3.30. The maximum atomic E-state index is 13.3. The zero-order valence-electron chi connectivity index (χ0n) is 16.2. The maximum absolute atomic E-state index is 13.3. The van der Waals surface area contributed by atoms with Gasteiger partial charge in [-0.3, -0.25) is 9.59 Å². The van der Waals surface area contributed by atoms with Gasteiger partial charge in [-0.15, -0.1) is 11.3 Å². The molecule has 1 N–H and O–H groups in total. The Labute approximate surface area is 173 Å². The first-order valence-electron chi connectivity index (χ1n) is 8.96. The molecule has 8 heteroatoms. The maximum Gasteiger partial charge on any atom is 0.240 e. The molecule has 6 nitrogen and oxygen atoms in total. The zero-order chi connectivity index (χ0) is 20.6. The van der Waals surface area contributed by atoms with Crippen LogP contribution in [0.5, 0.6) is 0 Å². The minimum atomic E-state index is -0.732. The molecule has 1 unspecified atom stereocenters. The van der Waals surface area contributed by atoms with Crippen molar-refractivity contribution in [2.24, 2.45) is 0 Å². The average molecular weight is 420 g/mol. The van der Waals surface area contributed by atoms with E-state index in [1.54, 1.807) is 31.2 Å². The van der Waals surface area contributed by atoms with Crippen LogP contribution in [0.2, 0.25) is 5.02 Å². The highest BCUT2D eigenvalue weighted by molar-refractivity contribution is 7.14. The van der Waals surface area contributed by atoms with Gasteiger partial charge in [0.05, 0.1) is 48.8 Å². The Bertz CT molecular complexity index is 950. The summed E-state index contributed by atoms with van der Waals surface area (Å²) in [6.07, 6.45) is 0. The number of thiazole rings is 1. The molecular formula is C20H22ClN3O3S. The molecule has 0 saturated carbocycles. The number of carbonyl (C=O) groups excluding carboxylic acids is 2. The van der Waals surface area contributed by atoms with E-state index < -0.39 is 23.5 Å². The number of ketones is 1. The highest BCUT2D eigenvalue weighted by atomic mass is 35.5. The SMILES string of the molecule is Cc1nc(C)c(C(=O)C2=C([O-])C(=O)N(CC[NH+](C)C)C2c2ccc(Cl)cc2)s1. The van der Waals surface area contributed by atoms with Gasteiger partial charge in [0, 0.05) is 10.6 Å². The van der Waals surface area contributed by atoms with Crippen molar-refractivity contribution in [2.45, 2.75) is 19.9 Å². The first-order valence-corrected chi connectivity index (χ1v) is 10.2. The van der Waals surface area contributed by atoms with Crippen molar-refractivity contribution in [1.82, 2.24) is 9.88 Å². The molecule has 1 aliphatic heterocycles. The van der Waals surface area contributed by atoms with Gasteiger partial charge in [0.15, 0.2) is 0 Å². The van der Waals surface area contributed by atoms with Gasteiger partial charge in [-0.1, -0.05) is 23.7 Å². The predicted octanol–water partition coefficient (Wildman–Crippen LogP) is 0.938. The Morgan fingerprint density at radius 2 is 1.93 bits per heavy atom. The Hall–Kier alpha value is -2.22. The topological polar surface area (TPSA) is 77.8 Å². The van der Waals surface area contributed by atoms with E-state index in [1.165, 1.54) is 16.2 Å². The number of Topliss-reactive ketones (excluding diaryl/α,β-unsaturated/α-hetero) is 1. The van der Waals surface area contributed by atoms with Crippen molar-refractivity contribution in [2.75, 3.05) is 27.2 Å². The molecule has 0 saturated heterocycles. The fraction of sp³-hybridized carbons (Fsp3) is 0.350. The van der Waals surface area contributed by atoms with E-state index in [1.807, 2.05) is 21.0 Å². The number of likely N-dealkylation sites (N-methyl/N-ethyl adjacent to an activating group) is 1. The summed E-state index contributed by atoms with van der Waals surface area (Å²) in [4.78, 5) is 33.4. The Kier molecular flexibility index (Phi) is 5.88. The molecule has 0 radical (unpaired) electrons. The molecule has 2 heterocycles. The lowest BCUT2D eigenvalue weighted by molar-refractivity contribution is -0.857. The molecule has 0 aliphatic carbocycles. The summed E-state index contributed by atoms with van der Waals surface area (Å²) in [5, 5.41) is 14.1. The van der Waals surface area contributed by atoms with E-state index >= 15 is 0 Å². The number of halogens is 1.